The van der Waals surface area contributed by atoms with Gasteiger partial charge in [-0.15, -0.1) is 0 Å². The second-order valence-electron chi connectivity index (χ2n) is 7.03. The van der Waals surface area contributed by atoms with Crippen LogP contribution in [-0.2, 0) is 11.2 Å². The lowest BCUT2D eigenvalue weighted by molar-refractivity contribution is -0.137. The summed E-state index contributed by atoms with van der Waals surface area (Å²) in [4.78, 5) is 15.5. The van der Waals surface area contributed by atoms with Crippen LogP contribution >= 0.6 is 0 Å². The largest absolute Gasteiger partial charge is 0.481 e. The number of benzene rings is 2. The molecule has 26 heavy (non-hydrogen) atoms. The van der Waals surface area contributed by atoms with Gasteiger partial charge in [0.2, 0.25) is 0 Å². The number of hydrogen-bond donors (Lipinski definition) is 1. The first-order valence-corrected chi connectivity index (χ1v) is 9.28. The van der Waals surface area contributed by atoms with Crippen LogP contribution < -0.4 is 0 Å². The topological polar surface area (TPSA) is 43.8 Å². The molecule has 0 bridgehead atoms. The summed E-state index contributed by atoms with van der Waals surface area (Å²) in [5, 5.41) is 8.89. The Bertz CT molecular complexity index is 836. The monoisotopic (exact) mass is 348 g/mol. The molecule has 1 aliphatic carbocycles. The summed E-state index contributed by atoms with van der Waals surface area (Å²) < 4.78 is 0. The number of carboxylic acid groups (broad SMARTS) is 1. The highest BCUT2D eigenvalue weighted by molar-refractivity contribution is 5.84. The molecular weight excluding hydrogens is 324 g/mol. The highest BCUT2D eigenvalue weighted by atomic mass is 16.4. The van der Waals surface area contributed by atoms with Crippen LogP contribution in [0.25, 0.3) is 11.8 Å². The molecule has 2 aliphatic rings. The van der Waals surface area contributed by atoms with Crippen molar-refractivity contribution in [3.8, 4) is 0 Å². The number of fused-ring (bicyclic) bond motifs is 2. The molecule has 0 amide bonds. The van der Waals surface area contributed by atoms with Gasteiger partial charge < -0.3 is 10.0 Å². The number of hydrogen-bond acceptors (Lipinski definition) is 3. The van der Waals surface area contributed by atoms with E-state index in [0.29, 0.717) is 6.54 Å². The van der Waals surface area contributed by atoms with Crippen LogP contribution in [0.2, 0.25) is 0 Å². The van der Waals surface area contributed by atoms with Gasteiger partial charge in [0.1, 0.15) is 0 Å². The molecule has 1 fully saturated rings. The maximum atomic E-state index is 10.8. The summed E-state index contributed by atoms with van der Waals surface area (Å²) in [6.07, 6.45) is 3.51. The molecular formula is C22H24N2O2. The molecule has 4 heteroatoms. The molecule has 0 unspecified atom stereocenters. The molecule has 2 aromatic rings. The normalized spacial score (nSPS) is 17.1. The first-order valence-electron chi connectivity index (χ1n) is 9.28. The number of carboxylic acids is 1. The molecule has 0 aromatic heterocycles. The average Bonchev–Trinajstić information content (AvgIpc) is 2.83. The minimum atomic E-state index is -0.718. The Balaban J connectivity index is 1.59. The zero-order valence-electron chi connectivity index (χ0n) is 14.9. The second kappa shape index (κ2) is 7.34. The Labute approximate surface area is 154 Å². The van der Waals surface area contributed by atoms with Gasteiger partial charge in [-0.25, -0.2) is 0 Å². The van der Waals surface area contributed by atoms with Crippen molar-refractivity contribution < 1.29 is 9.90 Å². The molecule has 1 N–H and O–H groups in total. The van der Waals surface area contributed by atoms with Crippen molar-refractivity contribution >= 4 is 17.7 Å². The molecule has 2 aromatic carbocycles. The maximum Gasteiger partial charge on any atom is 0.304 e. The van der Waals surface area contributed by atoms with Crippen molar-refractivity contribution in [2.45, 2.75) is 12.8 Å². The van der Waals surface area contributed by atoms with E-state index in [4.69, 9.17) is 5.11 Å². The van der Waals surface area contributed by atoms with Crippen LogP contribution in [0, 0.1) is 0 Å². The third kappa shape index (κ3) is 3.51. The Morgan fingerprint density at radius 1 is 0.923 bits per heavy atom. The quantitative estimate of drug-likeness (QED) is 0.922. The highest BCUT2D eigenvalue weighted by Gasteiger charge is 2.23. The van der Waals surface area contributed by atoms with Gasteiger partial charge in [0.15, 0.2) is 0 Å². The van der Waals surface area contributed by atoms with Crippen LogP contribution in [0.5, 0.6) is 0 Å². The van der Waals surface area contributed by atoms with Crippen LogP contribution in [0.15, 0.2) is 48.5 Å². The third-order valence-electron chi connectivity index (χ3n) is 5.38. The van der Waals surface area contributed by atoms with Gasteiger partial charge >= 0.3 is 5.97 Å². The highest BCUT2D eigenvalue weighted by Crippen LogP contribution is 2.32. The van der Waals surface area contributed by atoms with Gasteiger partial charge in [-0.3, -0.25) is 9.69 Å². The predicted octanol–water partition coefficient (Wildman–Crippen LogP) is 3.18. The van der Waals surface area contributed by atoms with Gasteiger partial charge in [0, 0.05) is 44.0 Å². The standard InChI is InChI=1S/C22H24N2O2/c25-22(26)9-10-23-11-13-24(14-12-23)21-16-18-6-2-1-5-17(18)15-19-7-3-4-8-20(19)21/h1-8,16H,9-15H2,(H,25,26). The van der Waals surface area contributed by atoms with Crippen molar-refractivity contribution in [2.24, 2.45) is 0 Å². The molecule has 0 saturated carbocycles. The summed E-state index contributed by atoms with van der Waals surface area (Å²) in [6.45, 7) is 4.33. The number of piperazine rings is 1. The van der Waals surface area contributed by atoms with Crippen molar-refractivity contribution in [3.05, 3.63) is 70.8 Å². The molecule has 134 valence electrons. The Morgan fingerprint density at radius 2 is 1.62 bits per heavy atom. The van der Waals surface area contributed by atoms with Crippen LogP contribution in [0.3, 0.4) is 0 Å². The zero-order valence-corrected chi connectivity index (χ0v) is 14.9. The second-order valence-corrected chi connectivity index (χ2v) is 7.03. The predicted molar refractivity (Wildman–Crippen MR) is 104 cm³/mol. The lowest BCUT2D eigenvalue weighted by Crippen LogP contribution is -2.46. The van der Waals surface area contributed by atoms with Crippen LogP contribution in [0.4, 0.5) is 0 Å². The van der Waals surface area contributed by atoms with E-state index in [1.165, 1.54) is 28.0 Å². The molecule has 1 heterocycles. The fourth-order valence-corrected chi connectivity index (χ4v) is 3.92. The summed E-state index contributed by atoms with van der Waals surface area (Å²) in [6, 6.07) is 17.3. The first kappa shape index (κ1) is 16.9. The van der Waals surface area contributed by atoms with Crippen LogP contribution in [-0.4, -0.2) is 53.6 Å². The van der Waals surface area contributed by atoms with E-state index >= 15 is 0 Å². The van der Waals surface area contributed by atoms with Gasteiger partial charge in [-0.1, -0.05) is 48.5 Å². The van der Waals surface area contributed by atoms with Gasteiger partial charge in [0.25, 0.3) is 0 Å². The average molecular weight is 348 g/mol. The lowest BCUT2D eigenvalue weighted by Gasteiger charge is -2.37. The SMILES string of the molecule is O=C(O)CCN1CCN(C2=Cc3ccccc3Cc3ccccc32)CC1. The Kier molecular flexibility index (Phi) is 4.76. The number of nitrogens with zero attached hydrogens (tertiary/aromatic N) is 2. The van der Waals surface area contributed by atoms with E-state index in [-0.39, 0.29) is 6.42 Å². The Hall–Kier alpha value is -2.59. The lowest BCUT2D eigenvalue weighted by atomic mass is 9.99. The molecule has 0 radical (unpaired) electrons. The summed E-state index contributed by atoms with van der Waals surface area (Å²) in [7, 11) is 0. The summed E-state index contributed by atoms with van der Waals surface area (Å²) >= 11 is 0. The van der Waals surface area contributed by atoms with Crippen molar-refractivity contribution in [1.82, 2.24) is 9.80 Å². The van der Waals surface area contributed by atoms with E-state index < -0.39 is 5.97 Å². The van der Waals surface area contributed by atoms with E-state index in [0.717, 1.165) is 32.6 Å². The minimum Gasteiger partial charge on any atom is -0.481 e. The zero-order chi connectivity index (χ0) is 17.9. The van der Waals surface area contributed by atoms with Crippen molar-refractivity contribution in [3.63, 3.8) is 0 Å². The minimum absolute atomic E-state index is 0.221. The summed E-state index contributed by atoms with van der Waals surface area (Å²) in [5.41, 5.74) is 6.66. The molecule has 4 nitrogen and oxygen atoms in total. The maximum absolute atomic E-state index is 10.8. The number of aliphatic carboxylic acids is 1. The van der Waals surface area contributed by atoms with Crippen molar-refractivity contribution in [2.75, 3.05) is 32.7 Å². The fourth-order valence-electron chi connectivity index (χ4n) is 3.92. The molecule has 1 saturated heterocycles. The van der Waals surface area contributed by atoms with E-state index in [9.17, 15) is 4.79 Å². The van der Waals surface area contributed by atoms with Gasteiger partial charge in [-0.2, -0.15) is 0 Å². The van der Waals surface area contributed by atoms with Gasteiger partial charge in [-0.05, 0) is 29.2 Å². The van der Waals surface area contributed by atoms with E-state index in [1.807, 2.05) is 0 Å². The molecule has 0 spiro atoms. The fraction of sp³-hybridized carbons (Fsp3) is 0.318. The Morgan fingerprint density at radius 3 is 2.38 bits per heavy atom. The summed E-state index contributed by atoms with van der Waals surface area (Å²) in [5.74, 6) is -0.718. The first-order chi connectivity index (χ1) is 12.7. The van der Waals surface area contributed by atoms with Crippen LogP contribution in [0.1, 0.15) is 28.7 Å². The molecule has 1 aliphatic heterocycles. The number of rotatable bonds is 4. The van der Waals surface area contributed by atoms with E-state index in [1.54, 1.807) is 0 Å². The smallest absolute Gasteiger partial charge is 0.304 e. The van der Waals surface area contributed by atoms with E-state index in [2.05, 4.69) is 64.4 Å². The van der Waals surface area contributed by atoms with Crippen molar-refractivity contribution in [1.29, 1.82) is 0 Å². The third-order valence-corrected chi connectivity index (χ3v) is 5.38. The molecule has 4 rings (SSSR count). The number of carbonyl (C=O) groups is 1. The molecule has 0 atom stereocenters. The van der Waals surface area contributed by atoms with Gasteiger partial charge in [0.05, 0.1) is 6.42 Å².